The molecule has 0 saturated carbocycles. The molecule has 0 spiro atoms. The van der Waals surface area contributed by atoms with Crippen LogP contribution in [0.5, 0.6) is 0 Å². The normalized spacial score (nSPS) is 11.9. The first-order chi connectivity index (χ1) is 9.09. The molecule has 0 aliphatic heterocycles. The van der Waals surface area contributed by atoms with Crippen molar-refractivity contribution in [1.82, 2.24) is 9.97 Å². The van der Waals surface area contributed by atoms with Crippen molar-refractivity contribution < 1.29 is 9.31 Å². The Morgan fingerprint density at radius 2 is 2.21 bits per heavy atom. The molecule has 0 saturated heterocycles. The predicted octanol–water partition coefficient (Wildman–Crippen LogP) is 2.70. The van der Waals surface area contributed by atoms with Crippen molar-refractivity contribution in [3.63, 3.8) is 0 Å². The highest BCUT2D eigenvalue weighted by Crippen LogP contribution is 2.26. The number of halogens is 1. The van der Waals surface area contributed by atoms with Crippen LogP contribution in [0.25, 0.3) is 0 Å². The Kier molecular flexibility index (Phi) is 3.65. The second kappa shape index (κ2) is 5.38. The van der Waals surface area contributed by atoms with Crippen LogP contribution in [0.4, 0.5) is 15.9 Å². The molecule has 0 aromatic carbocycles. The standard InChI is InChI=1S/C12H11FN4O2/c1-8(9-4-6-14-7-10(9)13)16-12-11(17(18)19)3-2-5-15-12/h2-8H,1H3,(H,15,16). The topological polar surface area (TPSA) is 81.0 Å². The van der Waals surface area contributed by atoms with Gasteiger partial charge in [0.05, 0.1) is 17.2 Å². The third-order valence-electron chi connectivity index (χ3n) is 2.61. The summed E-state index contributed by atoms with van der Waals surface area (Å²) in [7, 11) is 0. The molecule has 0 bridgehead atoms. The second-order valence-corrected chi connectivity index (χ2v) is 3.89. The fourth-order valence-electron chi connectivity index (χ4n) is 1.68. The first kappa shape index (κ1) is 12.9. The third kappa shape index (κ3) is 2.82. The highest BCUT2D eigenvalue weighted by molar-refractivity contribution is 5.56. The van der Waals surface area contributed by atoms with Crippen molar-refractivity contribution in [1.29, 1.82) is 0 Å². The van der Waals surface area contributed by atoms with E-state index in [9.17, 15) is 14.5 Å². The van der Waals surface area contributed by atoms with Crippen LogP contribution in [0, 0.1) is 15.9 Å². The third-order valence-corrected chi connectivity index (χ3v) is 2.61. The molecule has 2 rings (SSSR count). The highest BCUT2D eigenvalue weighted by Gasteiger charge is 2.18. The summed E-state index contributed by atoms with van der Waals surface area (Å²) < 4.78 is 13.5. The zero-order valence-electron chi connectivity index (χ0n) is 10.1. The number of rotatable bonds is 4. The van der Waals surface area contributed by atoms with E-state index in [-0.39, 0.29) is 11.5 Å². The summed E-state index contributed by atoms with van der Waals surface area (Å²) >= 11 is 0. The minimum Gasteiger partial charge on any atom is -0.358 e. The van der Waals surface area contributed by atoms with Gasteiger partial charge < -0.3 is 5.32 Å². The highest BCUT2D eigenvalue weighted by atomic mass is 19.1. The fraction of sp³-hybridized carbons (Fsp3) is 0.167. The number of hydrogen-bond donors (Lipinski definition) is 1. The zero-order valence-corrected chi connectivity index (χ0v) is 10.1. The molecule has 19 heavy (non-hydrogen) atoms. The number of anilines is 1. The van der Waals surface area contributed by atoms with Crippen LogP contribution in [0.2, 0.25) is 0 Å². The molecule has 1 unspecified atom stereocenters. The number of aromatic nitrogens is 2. The van der Waals surface area contributed by atoms with E-state index in [1.54, 1.807) is 6.92 Å². The molecular weight excluding hydrogens is 251 g/mol. The van der Waals surface area contributed by atoms with Crippen molar-refractivity contribution in [3.8, 4) is 0 Å². The second-order valence-electron chi connectivity index (χ2n) is 3.89. The van der Waals surface area contributed by atoms with Gasteiger partial charge in [-0.2, -0.15) is 0 Å². The quantitative estimate of drug-likeness (QED) is 0.676. The van der Waals surface area contributed by atoms with Crippen LogP contribution in [0.3, 0.4) is 0 Å². The van der Waals surface area contributed by atoms with Crippen LogP contribution < -0.4 is 5.32 Å². The summed E-state index contributed by atoms with van der Waals surface area (Å²) in [5.41, 5.74) is 0.221. The Bertz CT molecular complexity index is 606. The summed E-state index contributed by atoms with van der Waals surface area (Å²) in [5.74, 6) is -0.364. The number of nitrogens with one attached hydrogen (secondary N) is 1. The largest absolute Gasteiger partial charge is 0.358 e. The number of pyridine rings is 2. The maximum atomic E-state index is 13.5. The summed E-state index contributed by atoms with van der Waals surface area (Å²) in [4.78, 5) is 17.9. The van der Waals surface area contributed by atoms with E-state index in [1.165, 1.54) is 30.6 Å². The lowest BCUT2D eigenvalue weighted by atomic mass is 10.1. The van der Waals surface area contributed by atoms with Crippen LogP contribution in [-0.4, -0.2) is 14.9 Å². The Hall–Kier alpha value is -2.57. The van der Waals surface area contributed by atoms with Gasteiger partial charge in [-0.15, -0.1) is 0 Å². The van der Waals surface area contributed by atoms with E-state index in [4.69, 9.17) is 0 Å². The van der Waals surface area contributed by atoms with Gasteiger partial charge in [0.1, 0.15) is 5.82 Å². The minimum atomic E-state index is -0.537. The number of hydrogen-bond acceptors (Lipinski definition) is 5. The molecular formula is C12H11FN4O2. The van der Waals surface area contributed by atoms with Crippen LogP contribution in [0.15, 0.2) is 36.8 Å². The summed E-state index contributed by atoms with van der Waals surface area (Å²) in [5, 5.41) is 13.7. The van der Waals surface area contributed by atoms with Gasteiger partial charge >= 0.3 is 5.69 Å². The average molecular weight is 262 g/mol. The van der Waals surface area contributed by atoms with Gasteiger partial charge in [-0.3, -0.25) is 15.1 Å². The van der Waals surface area contributed by atoms with E-state index in [0.29, 0.717) is 5.56 Å². The van der Waals surface area contributed by atoms with Crippen molar-refractivity contribution in [2.24, 2.45) is 0 Å². The predicted molar refractivity (Wildman–Crippen MR) is 67.1 cm³/mol. The Labute approximate surface area is 108 Å². The molecule has 0 amide bonds. The summed E-state index contributed by atoms with van der Waals surface area (Å²) in [6, 6.07) is 3.87. The first-order valence-electron chi connectivity index (χ1n) is 5.55. The zero-order chi connectivity index (χ0) is 13.8. The van der Waals surface area contributed by atoms with Gasteiger partial charge in [0.15, 0.2) is 0 Å². The Balaban J connectivity index is 2.27. The smallest absolute Gasteiger partial charge is 0.311 e. The minimum absolute atomic E-state index is 0.108. The lowest BCUT2D eigenvalue weighted by Gasteiger charge is -2.15. The van der Waals surface area contributed by atoms with E-state index < -0.39 is 16.8 Å². The SMILES string of the molecule is CC(Nc1ncccc1[N+](=O)[O-])c1ccncc1F. The van der Waals surface area contributed by atoms with E-state index in [0.717, 1.165) is 6.20 Å². The van der Waals surface area contributed by atoms with Gasteiger partial charge in [-0.25, -0.2) is 9.37 Å². The van der Waals surface area contributed by atoms with Gasteiger partial charge in [-0.05, 0) is 19.1 Å². The van der Waals surface area contributed by atoms with Gasteiger partial charge in [0.25, 0.3) is 0 Å². The van der Waals surface area contributed by atoms with Gasteiger partial charge in [-0.1, -0.05) is 0 Å². The van der Waals surface area contributed by atoms with Crippen molar-refractivity contribution in [2.45, 2.75) is 13.0 Å². The molecule has 2 aromatic heterocycles. The Morgan fingerprint density at radius 1 is 1.42 bits per heavy atom. The molecule has 98 valence electrons. The molecule has 7 heteroatoms. The van der Waals surface area contributed by atoms with Gasteiger partial charge in [0.2, 0.25) is 5.82 Å². The molecule has 0 radical (unpaired) electrons. The lowest BCUT2D eigenvalue weighted by Crippen LogP contribution is -2.11. The molecule has 2 aromatic rings. The maximum absolute atomic E-state index is 13.5. The van der Waals surface area contributed by atoms with Crippen molar-refractivity contribution in [3.05, 3.63) is 58.3 Å². The maximum Gasteiger partial charge on any atom is 0.311 e. The average Bonchev–Trinajstić information content (AvgIpc) is 2.39. The molecule has 6 nitrogen and oxygen atoms in total. The summed E-state index contributed by atoms with van der Waals surface area (Å²) in [6.07, 6.45) is 3.99. The fourth-order valence-corrected chi connectivity index (χ4v) is 1.68. The van der Waals surface area contributed by atoms with E-state index >= 15 is 0 Å². The van der Waals surface area contributed by atoms with Crippen LogP contribution >= 0.6 is 0 Å². The molecule has 0 aliphatic carbocycles. The van der Waals surface area contributed by atoms with Crippen molar-refractivity contribution in [2.75, 3.05) is 5.32 Å². The summed E-state index contributed by atoms with van der Waals surface area (Å²) in [6.45, 7) is 1.69. The van der Waals surface area contributed by atoms with Crippen LogP contribution in [0.1, 0.15) is 18.5 Å². The van der Waals surface area contributed by atoms with E-state index in [1.807, 2.05) is 0 Å². The first-order valence-corrected chi connectivity index (χ1v) is 5.55. The number of nitro groups is 1. The Morgan fingerprint density at radius 3 is 2.89 bits per heavy atom. The molecule has 1 N–H and O–H groups in total. The number of nitrogens with zero attached hydrogens (tertiary/aromatic N) is 3. The van der Waals surface area contributed by atoms with Crippen LogP contribution in [-0.2, 0) is 0 Å². The van der Waals surface area contributed by atoms with Crippen molar-refractivity contribution >= 4 is 11.5 Å². The van der Waals surface area contributed by atoms with E-state index in [2.05, 4.69) is 15.3 Å². The molecule has 1 atom stereocenters. The molecule has 0 fully saturated rings. The molecule has 2 heterocycles. The van der Waals surface area contributed by atoms with Gasteiger partial charge in [0, 0.05) is 24.0 Å². The molecule has 0 aliphatic rings. The monoisotopic (exact) mass is 262 g/mol. The lowest BCUT2D eigenvalue weighted by molar-refractivity contribution is -0.384.